The lowest BCUT2D eigenvalue weighted by Crippen LogP contribution is -2.20. The van der Waals surface area contributed by atoms with Crippen molar-refractivity contribution in [3.8, 4) is 0 Å². The highest BCUT2D eigenvalue weighted by molar-refractivity contribution is 9.10. The molecule has 1 aliphatic heterocycles. The van der Waals surface area contributed by atoms with Gasteiger partial charge in [0.15, 0.2) is 0 Å². The molecule has 0 spiro atoms. The van der Waals surface area contributed by atoms with Crippen LogP contribution in [0.15, 0.2) is 28.4 Å². The van der Waals surface area contributed by atoms with Gasteiger partial charge in [0.1, 0.15) is 0 Å². The fraction of sp³-hybridized carbons (Fsp3) is 0.429. The molecular weight excluding hydrogens is 262 g/mol. The van der Waals surface area contributed by atoms with Crippen LogP contribution < -0.4 is 0 Å². The van der Waals surface area contributed by atoms with Crippen LogP contribution in [0.2, 0.25) is 0 Å². The Labute approximate surface area is 105 Å². The Kier molecular flexibility index (Phi) is 2.76. The zero-order chi connectivity index (χ0) is 11.0. The van der Waals surface area contributed by atoms with Crippen LogP contribution in [0, 0.1) is 0 Å². The number of rotatable bonds is 1. The molecule has 84 valence electrons. The molecule has 0 atom stereocenters. The summed E-state index contributed by atoms with van der Waals surface area (Å²) in [6.07, 6.45) is 7.52. The smallest absolute Gasteiger partial charge is 0.0178 e. The first kappa shape index (κ1) is 10.4. The van der Waals surface area contributed by atoms with Gasteiger partial charge in [-0.3, -0.25) is 0 Å². The lowest BCUT2D eigenvalue weighted by Gasteiger charge is -2.25. The minimum absolute atomic E-state index is 1.19. The first-order valence-electron chi connectivity index (χ1n) is 6.07. The molecule has 1 aromatic carbocycles. The van der Waals surface area contributed by atoms with Crippen molar-refractivity contribution in [1.29, 1.82) is 0 Å². The zero-order valence-corrected chi connectivity index (χ0v) is 11.0. The van der Waals surface area contributed by atoms with Gasteiger partial charge in [-0.05, 0) is 55.0 Å². The third-order valence-electron chi connectivity index (χ3n) is 3.59. The molecule has 0 aromatic heterocycles. The Morgan fingerprint density at radius 2 is 1.88 bits per heavy atom. The third-order valence-corrected chi connectivity index (χ3v) is 4.08. The maximum atomic E-state index is 3.54. The zero-order valence-electron chi connectivity index (χ0n) is 9.38. The van der Waals surface area contributed by atoms with Gasteiger partial charge in [0.25, 0.3) is 0 Å². The van der Waals surface area contributed by atoms with Crippen molar-refractivity contribution in [3.05, 3.63) is 39.5 Å². The Morgan fingerprint density at radius 1 is 1.06 bits per heavy atom. The fourth-order valence-corrected chi connectivity index (χ4v) is 3.11. The number of aryl methyl sites for hydroxylation is 1. The fourth-order valence-electron chi connectivity index (χ4n) is 2.70. The first-order chi connectivity index (χ1) is 7.83. The van der Waals surface area contributed by atoms with Crippen LogP contribution in [0.1, 0.15) is 30.4 Å². The molecule has 1 fully saturated rings. The molecule has 16 heavy (non-hydrogen) atoms. The van der Waals surface area contributed by atoms with E-state index in [1.165, 1.54) is 54.4 Å². The van der Waals surface area contributed by atoms with Crippen LogP contribution >= 0.6 is 15.9 Å². The first-order valence-corrected chi connectivity index (χ1v) is 6.86. The highest BCUT2D eigenvalue weighted by Crippen LogP contribution is 2.29. The summed E-state index contributed by atoms with van der Waals surface area (Å²) in [4.78, 5) is 2.56. The summed E-state index contributed by atoms with van der Waals surface area (Å²) in [6, 6.07) is 6.63. The molecule has 1 saturated heterocycles. The number of hydrogen-bond acceptors (Lipinski definition) is 1. The molecule has 1 heterocycles. The van der Waals surface area contributed by atoms with E-state index in [-0.39, 0.29) is 0 Å². The summed E-state index contributed by atoms with van der Waals surface area (Å²) in [5.74, 6) is 0. The van der Waals surface area contributed by atoms with Crippen molar-refractivity contribution < 1.29 is 0 Å². The average Bonchev–Trinajstić information content (AvgIpc) is 2.82. The average molecular weight is 278 g/mol. The van der Waals surface area contributed by atoms with Crippen molar-refractivity contribution in [1.82, 2.24) is 4.90 Å². The maximum Gasteiger partial charge on any atom is 0.0178 e. The molecule has 2 aliphatic rings. The second kappa shape index (κ2) is 4.25. The minimum Gasteiger partial charge on any atom is -0.375 e. The van der Waals surface area contributed by atoms with Gasteiger partial charge in [-0.1, -0.05) is 22.0 Å². The quantitative estimate of drug-likeness (QED) is 0.754. The summed E-state index contributed by atoms with van der Waals surface area (Å²) >= 11 is 3.54. The second-order valence-electron chi connectivity index (χ2n) is 4.67. The van der Waals surface area contributed by atoms with E-state index in [1.54, 1.807) is 5.70 Å². The molecule has 0 bridgehead atoms. The number of halogens is 1. The molecule has 0 radical (unpaired) electrons. The molecule has 0 amide bonds. The van der Waals surface area contributed by atoms with Gasteiger partial charge in [0.2, 0.25) is 0 Å². The number of nitrogens with zero attached hydrogens (tertiary/aromatic N) is 1. The Balaban J connectivity index is 1.91. The second-order valence-corrected chi connectivity index (χ2v) is 5.59. The van der Waals surface area contributed by atoms with E-state index in [1.807, 2.05) is 0 Å². The van der Waals surface area contributed by atoms with Crippen LogP contribution in [0.5, 0.6) is 0 Å². The largest absolute Gasteiger partial charge is 0.375 e. The SMILES string of the molecule is Brc1ccc2c(c1)CCC(N1CCCC1)=C2. The Hall–Kier alpha value is -0.760. The van der Waals surface area contributed by atoms with Crippen LogP contribution in [0.25, 0.3) is 6.08 Å². The van der Waals surface area contributed by atoms with Gasteiger partial charge in [0.05, 0.1) is 0 Å². The molecule has 2 heteroatoms. The van der Waals surface area contributed by atoms with E-state index in [0.717, 1.165) is 0 Å². The molecule has 0 saturated carbocycles. The highest BCUT2D eigenvalue weighted by atomic mass is 79.9. The van der Waals surface area contributed by atoms with Crippen LogP contribution in [0.4, 0.5) is 0 Å². The van der Waals surface area contributed by atoms with Gasteiger partial charge in [-0.2, -0.15) is 0 Å². The highest BCUT2D eigenvalue weighted by Gasteiger charge is 2.18. The topological polar surface area (TPSA) is 3.24 Å². The van der Waals surface area contributed by atoms with Gasteiger partial charge >= 0.3 is 0 Å². The third kappa shape index (κ3) is 1.91. The molecule has 1 nitrogen and oxygen atoms in total. The lowest BCUT2D eigenvalue weighted by molar-refractivity contribution is 0.411. The van der Waals surface area contributed by atoms with Crippen LogP contribution in [-0.2, 0) is 6.42 Å². The van der Waals surface area contributed by atoms with Crippen molar-refractivity contribution >= 4 is 22.0 Å². The van der Waals surface area contributed by atoms with Crippen molar-refractivity contribution in [2.45, 2.75) is 25.7 Å². The van der Waals surface area contributed by atoms with Gasteiger partial charge in [-0.15, -0.1) is 0 Å². The monoisotopic (exact) mass is 277 g/mol. The van der Waals surface area contributed by atoms with Crippen LogP contribution in [0.3, 0.4) is 0 Å². The van der Waals surface area contributed by atoms with Crippen molar-refractivity contribution in [2.24, 2.45) is 0 Å². The molecule has 1 aliphatic carbocycles. The van der Waals surface area contributed by atoms with E-state index in [2.05, 4.69) is 45.1 Å². The molecular formula is C14H16BrN. The van der Waals surface area contributed by atoms with Gasteiger partial charge in [-0.25, -0.2) is 0 Å². The summed E-state index contributed by atoms with van der Waals surface area (Å²) in [5.41, 5.74) is 4.45. The van der Waals surface area contributed by atoms with E-state index in [9.17, 15) is 0 Å². The summed E-state index contributed by atoms with van der Waals surface area (Å²) in [7, 11) is 0. The normalized spacial score (nSPS) is 19.6. The number of benzene rings is 1. The van der Waals surface area contributed by atoms with Gasteiger partial charge < -0.3 is 4.90 Å². The number of likely N-dealkylation sites (tertiary alicyclic amines) is 1. The van der Waals surface area contributed by atoms with Crippen molar-refractivity contribution in [2.75, 3.05) is 13.1 Å². The van der Waals surface area contributed by atoms with E-state index >= 15 is 0 Å². The molecule has 3 rings (SSSR count). The lowest BCUT2D eigenvalue weighted by atomic mass is 9.95. The minimum atomic E-state index is 1.19. The van der Waals surface area contributed by atoms with Crippen molar-refractivity contribution in [3.63, 3.8) is 0 Å². The Morgan fingerprint density at radius 3 is 2.69 bits per heavy atom. The van der Waals surface area contributed by atoms with E-state index < -0.39 is 0 Å². The Bertz CT molecular complexity index is 430. The summed E-state index contributed by atoms with van der Waals surface area (Å²) in [6.45, 7) is 2.52. The standard InChI is InChI=1S/C14H16BrN/c15-13-5-3-12-10-14(6-4-11(12)9-13)16-7-1-2-8-16/h3,5,9-10H,1-2,4,6-8H2. The maximum absolute atomic E-state index is 3.54. The predicted octanol–water partition coefficient (Wildman–Crippen LogP) is 3.83. The number of fused-ring (bicyclic) bond motifs is 1. The van der Waals surface area contributed by atoms with E-state index in [4.69, 9.17) is 0 Å². The summed E-state index contributed by atoms with van der Waals surface area (Å²) < 4.78 is 1.20. The molecule has 0 unspecified atom stereocenters. The predicted molar refractivity (Wildman–Crippen MR) is 71.2 cm³/mol. The molecule has 1 aromatic rings. The van der Waals surface area contributed by atoms with Crippen LogP contribution in [-0.4, -0.2) is 18.0 Å². The number of hydrogen-bond donors (Lipinski definition) is 0. The molecule has 0 N–H and O–H groups in total. The van der Waals surface area contributed by atoms with E-state index in [0.29, 0.717) is 0 Å². The summed E-state index contributed by atoms with van der Waals surface area (Å²) in [5, 5.41) is 0. The van der Waals surface area contributed by atoms with Gasteiger partial charge in [0, 0.05) is 23.3 Å². The number of allylic oxidation sites excluding steroid dienone is 1.